The number of ether oxygens (including phenoxy) is 4. The molecule has 1 aromatic heterocycles. The van der Waals surface area contributed by atoms with Crippen LogP contribution in [0.15, 0.2) is 27.4 Å². The van der Waals surface area contributed by atoms with E-state index < -0.39 is 11.2 Å². The van der Waals surface area contributed by atoms with E-state index in [1.54, 1.807) is 0 Å². The van der Waals surface area contributed by atoms with Crippen LogP contribution in [0.25, 0.3) is 22.3 Å². The van der Waals surface area contributed by atoms with Gasteiger partial charge >= 0.3 is 0 Å². The van der Waals surface area contributed by atoms with Crippen molar-refractivity contribution in [3.63, 3.8) is 0 Å². The van der Waals surface area contributed by atoms with Crippen molar-refractivity contribution in [3.8, 4) is 51.6 Å². The van der Waals surface area contributed by atoms with Gasteiger partial charge in [0.15, 0.2) is 17.1 Å². The molecule has 0 bridgehead atoms. The van der Waals surface area contributed by atoms with Crippen LogP contribution in [0, 0.1) is 0 Å². The second kappa shape index (κ2) is 7.10. The Hall–Kier alpha value is -3.75. The van der Waals surface area contributed by atoms with Crippen LogP contribution in [-0.2, 0) is 0 Å². The first-order valence-electron chi connectivity index (χ1n) is 7.97. The van der Waals surface area contributed by atoms with Gasteiger partial charge in [0, 0.05) is 6.07 Å². The molecule has 0 unspecified atom stereocenters. The molecule has 0 amide bonds. The Bertz CT molecular complexity index is 1120. The molecule has 0 aliphatic carbocycles. The minimum Gasteiger partial charge on any atom is -0.508 e. The van der Waals surface area contributed by atoms with Crippen molar-refractivity contribution in [3.05, 3.63) is 28.4 Å². The van der Waals surface area contributed by atoms with E-state index in [-0.39, 0.29) is 56.8 Å². The zero-order valence-corrected chi connectivity index (χ0v) is 15.5. The molecule has 0 spiro atoms. The fraction of sp³-hybridized carbons (Fsp3) is 0.211. The molecule has 0 radical (unpaired) electrons. The Morgan fingerprint density at radius 2 is 1.43 bits per heavy atom. The molecule has 0 atom stereocenters. The summed E-state index contributed by atoms with van der Waals surface area (Å²) in [4.78, 5) is 13.1. The Morgan fingerprint density at radius 1 is 0.821 bits per heavy atom. The number of benzene rings is 2. The minimum atomic E-state index is -0.719. The summed E-state index contributed by atoms with van der Waals surface area (Å²) in [6.45, 7) is 0. The van der Waals surface area contributed by atoms with Gasteiger partial charge in [-0.2, -0.15) is 0 Å². The van der Waals surface area contributed by atoms with E-state index in [2.05, 4.69) is 0 Å². The summed E-state index contributed by atoms with van der Waals surface area (Å²) in [5.74, 6) is -1.50. The lowest BCUT2D eigenvalue weighted by atomic mass is 10.1. The molecule has 28 heavy (non-hydrogen) atoms. The van der Waals surface area contributed by atoms with Crippen molar-refractivity contribution >= 4 is 11.0 Å². The largest absolute Gasteiger partial charge is 0.508 e. The number of methoxy groups -OCH3 is 4. The Balaban J connectivity index is 2.54. The van der Waals surface area contributed by atoms with Crippen LogP contribution in [0.3, 0.4) is 0 Å². The van der Waals surface area contributed by atoms with Crippen molar-refractivity contribution in [1.82, 2.24) is 0 Å². The summed E-state index contributed by atoms with van der Waals surface area (Å²) in [6.07, 6.45) is 0. The van der Waals surface area contributed by atoms with Gasteiger partial charge in [0.2, 0.25) is 28.4 Å². The maximum atomic E-state index is 13.1. The highest BCUT2D eigenvalue weighted by Gasteiger charge is 2.29. The van der Waals surface area contributed by atoms with Gasteiger partial charge in [-0.15, -0.1) is 0 Å². The second-order valence-corrected chi connectivity index (χ2v) is 5.65. The van der Waals surface area contributed by atoms with Gasteiger partial charge in [-0.25, -0.2) is 0 Å². The monoisotopic (exact) mass is 390 g/mol. The molecule has 9 nitrogen and oxygen atoms in total. The smallest absolute Gasteiger partial charge is 0.239 e. The molecule has 0 saturated carbocycles. The topological polar surface area (TPSA) is 128 Å². The van der Waals surface area contributed by atoms with Crippen LogP contribution in [0.4, 0.5) is 0 Å². The molecular formula is C19H18O9. The van der Waals surface area contributed by atoms with E-state index in [1.165, 1.54) is 40.6 Å². The van der Waals surface area contributed by atoms with E-state index in [4.69, 9.17) is 23.4 Å². The van der Waals surface area contributed by atoms with Crippen molar-refractivity contribution < 1.29 is 38.7 Å². The summed E-state index contributed by atoms with van der Waals surface area (Å²) in [6, 6.07) is 3.74. The third kappa shape index (κ3) is 2.68. The molecule has 0 saturated heterocycles. The SMILES string of the molecule is COc1c(OC)c(O)c2c(=O)c(OC)c(-c3ccc(O)cc3O)oc2c1OC. The normalized spacial score (nSPS) is 10.7. The molecule has 3 rings (SSSR count). The third-order valence-electron chi connectivity index (χ3n) is 4.18. The Labute approximate surface area is 158 Å². The van der Waals surface area contributed by atoms with Gasteiger partial charge in [-0.05, 0) is 12.1 Å². The first kappa shape index (κ1) is 19.0. The highest BCUT2D eigenvalue weighted by Crippen LogP contribution is 2.51. The van der Waals surface area contributed by atoms with E-state index in [0.29, 0.717) is 0 Å². The van der Waals surface area contributed by atoms with E-state index in [1.807, 2.05) is 0 Å². The average Bonchev–Trinajstić information content (AvgIpc) is 2.67. The standard InChI is InChI=1S/C19H18O9/c1-24-16-12(22)11-13(23)17(25-2)19(27-4)18(26-3)15(11)28-14(16)9-6-5-8(20)7-10(9)21/h5-7,20-21,23H,1-4H3. The first-order valence-corrected chi connectivity index (χ1v) is 7.97. The van der Waals surface area contributed by atoms with Crippen molar-refractivity contribution in [2.24, 2.45) is 0 Å². The third-order valence-corrected chi connectivity index (χ3v) is 4.18. The van der Waals surface area contributed by atoms with Gasteiger partial charge in [-0.3, -0.25) is 4.79 Å². The molecule has 3 aromatic rings. The van der Waals surface area contributed by atoms with Gasteiger partial charge in [0.05, 0.1) is 34.0 Å². The van der Waals surface area contributed by atoms with Crippen molar-refractivity contribution in [1.29, 1.82) is 0 Å². The predicted molar refractivity (Wildman–Crippen MR) is 99.1 cm³/mol. The molecular weight excluding hydrogens is 372 g/mol. The van der Waals surface area contributed by atoms with Crippen LogP contribution in [0.1, 0.15) is 0 Å². The second-order valence-electron chi connectivity index (χ2n) is 5.65. The summed E-state index contributed by atoms with van der Waals surface area (Å²) >= 11 is 0. The number of aromatic hydroxyl groups is 3. The van der Waals surface area contributed by atoms with Crippen LogP contribution >= 0.6 is 0 Å². The number of fused-ring (bicyclic) bond motifs is 1. The lowest BCUT2D eigenvalue weighted by molar-refractivity contribution is 0.310. The summed E-state index contributed by atoms with van der Waals surface area (Å²) in [5, 5.41) is 30.0. The van der Waals surface area contributed by atoms with Gasteiger partial charge < -0.3 is 38.7 Å². The lowest BCUT2D eigenvalue weighted by Gasteiger charge is -2.17. The molecule has 1 heterocycles. The number of rotatable bonds is 5. The molecule has 3 N–H and O–H groups in total. The lowest BCUT2D eigenvalue weighted by Crippen LogP contribution is -2.09. The molecule has 148 valence electrons. The fourth-order valence-electron chi connectivity index (χ4n) is 2.96. The van der Waals surface area contributed by atoms with Gasteiger partial charge in [-0.1, -0.05) is 0 Å². The Kier molecular flexibility index (Phi) is 4.83. The van der Waals surface area contributed by atoms with Crippen LogP contribution in [0.2, 0.25) is 0 Å². The highest BCUT2D eigenvalue weighted by atomic mass is 16.5. The molecule has 0 aliphatic heterocycles. The summed E-state index contributed by atoms with van der Waals surface area (Å²) in [7, 11) is 5.20. The van der Waals surface area contributed by atoms with E-state index >= 15 is 0 Å². The fourth-order valence-corrected chi connectivity index (χ4v) is 2.96. The molecule has 9 heteroatoms. The van der Waals surface area contributed by atoms with Crippen molar-refractivity contribution in [2.75, 3.05) is 28.4 Å². The van der Waals surface area contributed by atoms with E-state index in [0.717, 1.165) is 6.07 Å². The van der Waals surface area contributed by atoms with Gasteiger partial charge in [0.1, 0.15) is 16.9 Å². The first-order chi connectivity index (χ1) is 13.4. The predicted octanol–water partition coefficient (Wildman–Crippen LogP) is 2.61. The zero-order valence-electron chi connectivity index (χ0n) is 15.5. The van der Waals surface area contributed by atoms with Gasteiger partial charge in [0.25, 0.3) is 0 Å². The Morgan fingerprint density at radius 3 is 1.96 bits per heavy atom. The van der Waals surface area contributed by atoms with Crippen LogP contribution in [0.5, 0.6) is 40.2 Å². The summed E-state index contributed by atoms with van der Waals surface area (Å²) < 4.78 is 26.7. The number of phenolic OH excluding ortho intramolecular Hbond substituents is 3. The number of phenols is 3. The highest BCUT2D eigenvalue weighted by molar-refractivity contribution is 5.96. The molecule has 2 aromatic carbocycles. The zero-order chi connectivity index (χ0) is 20.6. The maximum Gasteiger partial charge on any atom is 0.239 e. The summed E-state index contributed by atoms with van der Waals surface area (Å²) in [5.41, 5.74) is -0.765. The number of hydrogen-bond donors (Lipinski definition) is 3. The van der Waals surface area contributed by atoms with Crippen LogP contribution in [-0.4, -0.2) is 43.8 Å². The maximum absolute atomic E-state index is 13.1. The minimum absolute atomic E-state index is 0.00595. The van der Waals surface area contributed by atoms with Crippen molar-refractivity contribution in [2.45, 2.75) is 0 Å². The van der Waals surface area contributed by atoms with Crippen LogP contribution < -0.4 is 24.4 Å². The van der Waals surface area contributed by atoms with E-state index in [9.17, 15) is 20.1 Å². The number of hydrogen-bond acceptors (Lipinski definition) is 9. The molecule has 0 aliphatic rings. The average molecular weight is 390 g/mol. The quantitative estimate of drug-likeness (QED) is 0.602. The molecule has 0 fully saturated rings.